The molecule has 0 aliphatic rings. The van der Waals surface area contributed by atoms with Crippen molar-refractivity contribution in [3.8, 4) is 0 Å². The second kappa shape index (κ2) is 6.59. The van der Waals surface area contributed by atoms with Crippen LogP contribution in [0, 0.1) is 0 Å². The molecule has 0 fully saturated rings. The first-order valence-corrected chi connectivity index (χ1v) is 5.30. The first kappa shape index (κ1) is 13.1. The van der Waals surface area contributed by atoms with Crippen molar-refractivity contribution in [1.29, 1.82) is 0 Å². The summed E-state index contributed by atoms with van der Waals surface area (Å²) in [6.45, 7) is 8.66. The number of nitrogens with two attached hydrogens (primary N) is 1. The van der Waals surface area contributed by atoms with Crippen LogP contribution in [0.2, 0.25) is 0 Å². The molecule has 0 bridgehead atoms. The van der Waals surface area contributed by atoms with Crippen molar-refractivity contribution in [3.05, 3.63) is 37.2 Å². The molecule has 0 saturated carbocycles. The van der Waals surface area contributed by atoms with E-state index in [1.165, 1.54) is 4.68 Å². The SMILES string of the molecule is C=CCN(CC=C)C(=O)Cn1cc(CN)nn1. The lowest BCUT2D eigenvalue weighted by Gasteiger charge is -2.18. The fourth-order valence-corrected chi connectivity index (χ4v) is 1.34. The second-order valence-corrected chi connectivity index (χ2v) is 3.49. The molecule has 0 aliphatic carbocycles. The van der Waals surface area contributed by atoms with Crippen LogP contribution in [0.3, 0.4) is 0 Å². The van der Waals surface area contributed by atoms with Gasteiger partial charge in [0.25, 0.3) is 0 Å². The van der Waals surface area contributed by atoms with Crippen molar-refractivity contribution in [2.24, 2.45) is 5.73 Å². The zero-order valence-corrected chi connectivity index (χ0v) is 9.75. The first-order chi connectivity index (χ1) is 8.21. The number of nitrogens with zero attached hydrogens (tertiary/aromatic N) is 4. The zero-order valence-electron chi connectivity index (χ0n) is 9.75. The monoisotopic (exact) mass is 235 g/mol. The van der Waals surface area contributed by atoms with E-state index in [1.807, 2.05) is 0 Å². The molecule has 1 aromatic heterocycles. The van der Waals surface area contributed by atoms with Crippen LogP contribution in [0.1, 0.15) is 5.69 Å². The average molecular weight is 235 g/mol. The molecule has 6 nitrogen and oxygen atoms in total. The summed E-state index contributed by atoms with van der Waals surface area (Å²) in [5, 5.41) is 7.63. The second-order valence-electron chi connectivity index (χ2n) is 3.49. The van der Waals surface area contributed by atoms with Crippen LogP contribution in [-0.2, 0) is 17.9 Å². The standard InChI is InChI=1S/C11H17N5O/c1-3-5-15(6-4-2)11(17)9-16-8-10(7-12)13-14-16/h3-4,8H,1-2,5-7,9,12H2. The number of hydrogen-bond donors (Lipinski definition) is 1. The van der Waals surface area contributed by atoms with Crippen LogP contribution in [0.4, 0.5) is 0 Å². The van der Waals surface area contributed by atoms with Gasteiger partial charge in [0.2, 0.25) is 5.91 Å². The Morgan fingerprint density at radius 1 is 1.47 bits per heavy atom. The molecule has 0 unspecified atom stereocenters. The van der Waals surface area contributed by atoms with E-state index >= 15 is 0 Å². The number of rotatable bonds is 7. The van der Waals surface area contributed by atoms with Crippen molar-refractivity contribution in [2.75, 3.05) is 13.1 Å². The molecular formula is C11H17N5O. The minimum absolute atomic E-state index is 0.0572. The summed E-state index contributed by atoms with van der Waals surface area (Å²) >= 11 is 0. The van der Waals surface area contributed by atoms with Crippen LogP contribution >= 0.6 is 0 Å². The maximum Gasteiger partial charge on any atom is 0.244 e. The van der Waals surface area contributed by atoms with E-state index in [0.29, 0.717) is 25.3 Å². The third-order valence-corrected chi connectivity index (χ3v) is 2.14. The highest BCUT2D eigenvalue weighted by Crippen LogP contribution is 1.96. The van der Waals surface area contributed by atoms with Crippen LogP contribution in [0.25, 0.3) is 0 Å². The molecule has 1 aromatic rings. The van der Waals surface area contributed by atoms with Crippen LogP contribution < -0.4 is 5.73 Å². The molecule has 1 amide bonds. The average Bonchev–Trinajstić information content (AvgIpc) is 2.76. The van der Waals surface area contributed by atoms with Crippen LogP contribution in [0.5, 0.6) is 0 Å². The third-order valence-electron chi connectivity index (χ3n) is 2.14. The Balaban J connectivity index is 2.61. The Kier molecular flexibility index (Phi) is 5.09. The number of hydrogen-bond acceptors (Lipinski definition) is 4. The highest BCUT2D eigenvalue weighted by atomic mass is 16.2. The highest BCUT2D eigenvalue weighted by Gasteiger charge is 2.12. The van der Waals surface area contributed by atoms with Gasteiger partial charge in [-0.05, 0) is 0 Å². The number of carbonyl (C=O) groups is 1. The van der Waals surface area contributed by atoms with Gasteiger partial charge < -0.3 is 10.6 Å². The summed E-state index contributed by atoms with van der Waals surface area (Å²) in [5.74, 6) is -0.0572. The van der Waals surface area contributed by atoms with Gasteiger partial charge in [0.15, 0.2) is 0 Å². The van der Waals surface area contributed by atoms with E-state index in [0.717, 1.165) is 0 Å². The van der Waals surface area contributed by atoms with E-state index in [4.69, 9.17) is 5.73 Å². The lowest BCUT2D eigenvalue weighted by Crippen LogP contribution is -2.34. The first-order valence-electron chi connectivity index (χ1n) is 5.30. The predicted octanol–water partition coefficient (Wildman–Crippen LogP) is -0.0626. The molecule has 0 aliphatic heterocycles. The molecule has 0 aromatic carbocycles. The van der Waals surface area contributed by atoms with Gasteiger partial charge in [-0.1, -0.05) is 17.4 Å². The van der Waals surface area contributed by atoms with E-state index in [2.05, 4.69) is 23.5 Å². The van der Waals surface area contributed by atoms with Crippen LogP contribution in [-0.4, -0.2) is 38.9 Å². The molecule has 17 heavy (non-hydrogen) atoms. The summed E-state index contributed by atoms with van der Waals surface area (Å²) in [6.07, 6.45) is 5.01. The number of carbonyl (C=O) groups excluding carboxylic acids is 1. The van der Waals surface area contributed by atoms with Gasteiger partial charge in [-0.15, -0.1) is 18.3 Å². The maximum absolute atomic E-state index is 11.9. The molecule has 1 heterocycles. The zero-order chi connectivity index (χ0) is 12.7. The van der Waals surface area contributed by atoms with Crippen molar-refractivity contribution in [2.45, 2.75) is 13.1 Å². The molecule has 0 atom stereocenters. The molecule has 0 radical (unpaired) electrons. The van der Waals surface area contributed by atoms with E-state index in [9.17, 15) is 4.79 Å². The summed E-state index contributed by atoms with van der Waals surface area (Å²) in [7, 11) is 0. The number of amides is 1. The maximum atomic E-state index is 11.9. The molecular weight excluding hydrogens is 218 g/mol. The normalized spacial score (nSPS) is 9.94. The minimum Gasteiger partial charge on any atom is -0.334 e. The van der Waals surface area contributed by atoms with Gasteiger partial charge in [-0.2, -0.15) is 0 Å². The van der Waals surface area contributed by atoms with E-state index in [-0.39, 0.29) is 12.5 Å². The number of aromatic nitrogens is 3. The van der Waals surface area contributed by atoms with Crippen molar-refractivity contribution in [1.82, 2.24) is 19.9 Å². The molecule has 6 heteroatoms. The highest BCUT2D eigenvalue weighted by molar-refractivity contribution is 5.76. The summed E-state index contributed by atoms with van der Waals surface area (Å²) in [4.78, 5) is 13.5. The van der Waals surface area contributed by atoms with Gasteiger partial charge in [0.1, 0.15) is 6.54 Å². The summed E-state index contributed by atoms with van der Waals surface area (Å²) in [6, 6.07) is 0. The lowest BCUT2D eigenvalue weighted by atomic mass is 10.4. The van der Waals surface area contributed by atoms with E-state index in [1.54, 1.807) is 23.2 Å². The van der Waals surface area contributed by atoms with Gasteiger partial charge >= 0.3 is 0 Å². The smallest absolute Gasteiger partial charge is 0.244 e. The Morgan fingerprint density at radius 3 is 2.59 bits per heavy atom. The van der Waals surface area contributed by atoms with Gasteiger partial charge in [0, 0.05) is 19.6 Å². The summed E-state index contributed by atoms with van der Waals surface area (Å²) < 4.78 is 1.48. The fraction of sp³-hybridized carbons (Fsp3) is 0.364. The van der Waals surface area contributed by atoms with Crippen LogP contribution in [0.15, 0.2) is 31.5 Å². The van der Waals surface area contributed by atoms with Gasteiger partial charge in [-0.3, -0.25) is 4.79 Å². The van der Waals surface area contributed by atoms with E-state index < -0.39 is 0 Å². The minimum atomic E-state index is -0.0572. The molecule has 92 valence electrons. The third kappa shape index (κ3) is 3.84. The Morgan fingerprint density at radius 2 is 2.12 bits per heavy atom. The van der Waals surface area contributed by atoms with Gasteiger partial charge in [0.05, 0.1) is 11.9 Å². The topological polar surface area (TPSA) is 77.0 Å². The van der Waals surface area contributed by atoms with Crippen molar-refractivity contribution < 1.29 is 4.79 Å². The molecule has 0 spiro atoms. The largest absolute Gasteiger partial charge is 0.334 e. The Hall–Kier alpha value is -1.95. The summed E-state index contributed by atoms with van der Waals surface area (Å²) in [5.41, 5.74) is 6.08. The molecule has 2 N–H and O–H groups in total. The van der Waals surface area contributed by atoms with Crippen molar-refractivity contribution in [3.63, 3.8) is 0 Å². The quantitative estimate of drug-likeness (QED) is 0.671. The van der Waals surface area contributed by atoms with Crippen molar-refractivity contribution >= 4 is 5.91 Å². The Labute approximate surface area is 100 Å². The molecule has 1 rings (SSSR count). The Bertz CT molecular complexity index is 388. The predicted molar refractivity (Wildman–Crippen MR) is 64.9 cm³/mol. The fourth-order valence-electron chi connectivity index (χ4n) is 1.34. The lowest BCUT2D eigenvalue weighted by molar-refractivity contribution is -0.131. The molecule has 0 saturated heterocycles. The van der Waals surface area contributed by atoms with Gasteiger partial charge in [-0.25, -0.2) is 4.68 Å².